The van der Waals surface area contributed by atoms with Gasteiger partial charge in [-0.25, -0.2) is 0 Å². The molecule has 0 spiro atoms. The van der Waals surface area contributed by atoms with Gasteiger partial charge in [0.25, 0.3) is 0 Å². The molecule has 0 aromatic carbocycles. The Hall–Kier alpha value is -1.09. The van der Waals surface area contributed by atoms with Crippen molar-refractivity contribution in [1.82, 2.24) is 0 Å². The Morgan fingerprint density at radius 3 is 2.46 bits per heavy atom. The summed E-state index contributed by atoms with van der Waals surface area (Å²) in [6.07, 6.45) is 19.5. The van der Waals surface area contributed by atoms with Crippen LogP contribution in [-0.4, -0.2) is 23.8 Å². The quantitative estimate of drug-likeness (QED) is 0.209. The van der Waals surface area contributed by atoms with Gasteiger partial charge in [-0.15, -0.1) is 0 Å². The van der Waals surface area contributed by atoms with Crippen molar-refractivity contribution in [3.05, 3.63) is 24.8 Å². The van der Waals surface area contributed by atoms with Crippen LogP contribution in [0.25, 0.3) is 0 Å². The van der Waals surface area contributed by atoms with Crippen LogP contribution in [0.4, 0.5) is 0 Å². The maximum atomic E-state index is 11.3. The molecule has 24 heavy (non-hydrogen) atoms. The zero-order valence-corrected chi connectivity index (χ0v) is 15.7. The highest BCUT2D eigenvalue weighted by Gasteiger charge is 2.03. The van der Waals surface area contributed by atoms with Gasteiger partial charge in [-0.2, -0.15) is 0 Å². The molecule has 0 rings (SSSR count). The Morgan fingerprint density at radius 1 is 1.04 bits per heavy atom. The molecule has 0 aliphatic heterocycles. The summed E-state index contributed by atoms with van der Waals surface area (Å²) < 4.78 is 4.93. The zero-order valence-electron chi connectivity index (χ0n) is 15.7. The van der Waals surface area contributed by atoms with Gasteiger partial charge < -0.3 is 9.84 Å². The van der Waals surface area contributed by atoms with Crippen LogP contribution in [0.1, 0.15) is 90.4 Å². The van der Waals surface area contributed by atoms with E-state index in [0.29, 0.717) is 13.0 Å². The van der Waals surface area contributed by atoms with Crippen LogP contribution in [0.3, 0.4) is 0 Å². The number of carbonyl (C=O) groups is 1. The Kier molecular flexibility index (Phi) is 17.4. The van der Waals surface area contributed by atoms with E-state index < -0.39 is 0 Å². The van der Waals surface area contributed by atoms with Crippen molar-refractivity contribution in [2.24, 2.45) is 0 Å². The lowest BCUT2D eigenvalue weighted by molar-refractivity contribution is -0.142. The Balaban J connectivity index is 3.31. The van der Waals surface area contributed by atoms with Crippen LogP contribution in [0.5, 0.6) is 0 Å². The Bertz CT molecular complexity index is 323. The molecule has 1 N–H and O–H groups in total. The number of esters is 1. The largest absolute Gasteiger partial charge is 0.461 e. The number of rotatable bonds is 17. The first kappa shape index (κ1) is 22.9. The summed E-state index contributed by atoms with van der Waals surface area (Å²) in [5.41, 5.74) is 0. The lowest BCUT2D eigenvalue weighted by atomic mass is 10.0. The number of hydrogen-bond acceptors (Lipinski definition) is 3. The fourth-order valence-corrected chi connectivity index (χ4v) is 2.58. The summed E-state index contributed by atoms with van der Waals surface area (Å²) in [4.78, 5) is 11.3. The van der Waals surface area contributed by atoms with Gasteiger partial charge in [0.05, 0.1) is 6.10 Å². The molecule has 1 unspecified atom stereocenters. The molecule has 0 saturated heterocycles. The number of aliphatic hydroxyl groups excluding tert-OH is 1. The summed E-state index contributed by atoms with van der Waals surface area (Å²) in [5, 5.41) is 9.91. The SMILES string of the molecule is C=CCOC(=O)CCCCCCCCC(O)C/C=C\CCCCC. The second kappa shape index (κ2) is 18.3. The van der Waals surface area contributed by atoms with Crippen LogP contribution >= 0.6 is 0 Å². The van der Waals surface area contributed by atoms with Crippen molar-refractivity contribution < 1.29 is 14.6 Å². The van der Waals surface area contributed by atoms with Crippen molar-refractivity contribution >= 4 is 5.97 Å². The van der Waals surface area contributed by atoms with Crippen LogP contribution in [0.15, 0.2) is 24.8 Å². The van der Waals surface area contributed by atoms with E-state index in [0.717, 1.165) is 51.4 Å². The number of allylic oxidation sites excluding steroid dienone is 1. The predicted molar refractivity (Wildman–Crippen MR) is 102 cm³/mol. The van der Waals surface area contributed by atoms with E-state index in [2.05, 4.69) is 25.7 Å². The third-order valence-electron chi connectivity index (χ3n) is 4.08. The van der Waals surface area contributed by atoms with Gasteiger partial charge in [0, 0.05) is 6.42 Å². The van der Waals surface area contributed by atoms with Crippen molar-refractivity contribution in [2.45, 2.75) is 96.5 Å². The van der Waals surface area contributed by atoms with Gasteiger partial charge >= 0.3 is 5.97 Å². The lowest BCUT2D eigenvalue weighted by Gasteiger charge is -2.07. The van der Waals surface area contributed by atoms with Crippen molar-refractivity contribution in [3.8, 4) is 0 Å². The van der Waals surface area contributed by atoms with Gasteiger partial charge in [-0.3, -0.25) is 4.79 Å². The van der Waals surface area contributed by atoms with E-state index in [4.69, 9.17) is 4.74 Å². The number of ether oxygens (including phenoxy) is 1. The highest BCUT2D eigenvalue weighted by molar-refractivity contribution is 5.69. The van der Waals surface area contributed by atoms with Crippen LogP contribution < -0.4 is 0 Å². The summed E-state index contributed by atoms with van der Waals surface area (Å²) in [6, 6.07) is 0. The normalized spacial score (nSPS) is 12.4. The number of hydrogen-bond donors (Lipinski definition) is 1. The Labute approximate surface area is 149 Å². The van der Waals surface area contributed by atoms with Crippen LogP contribution in [0, 0.1) is 0 Å². The van der Waals surface area contributed by atoms with Gasteiger partial charge in [0.15, 0.2) is 0 Å². The maximum absolute atomic E-state index is 11.3. The second-order valence-electron chi connectivity index (χ2n) is 6.49. The second-order valence-corrected chi connectivity index (χ2v) is 6.49. The molecule has 0 fully saturated rings. The molecule has 0 aromatic heterocycles. The van der Waals surface area contributed by atoms with Crippen molar-refractivity contribution in [1.29, 1.82) is 0 Å². The average molecular weight is 339 g/mol. The minimum atomic E-state index is -0.188. The molecule has 0 heterocycles. The van der Waals surface area contributed by atoms with Crippen molar-refractivity contribution in [3.63, 3.8) is 0 Å². The highest BCUT2D eigenvalue weighted by atomic mass is 16.5. The Morgan fingerprint density at radius 2 is 1.75 bits per heavy atom. The molecular weight excluding hydrogens is 300 g/mol. The highest BCUT2D eigenvalue weighted by Crippen LogP contribution is 2.12. The third-order valence-corrected chi connectivity index (χ3v) is 4.08. The first-order valence-electron chi connectivity index (χ1n) is 9.80. The van der Waals surface area contributed by atoms with Gasteiger partial charge in [0.2, 0.25) is 0 Å². The predicted octanol–water partition coefficient (Wildman–Crippen LogP) is 5.72. The van der Waals surface area contributed by atoms with E-state index >= 15 is 0 Å². The zero-order chi connectivity index (χ0) is 17.9. The van der Waals surface area contributed by atoms with E-state index in [1.54, 1.807) is 6.08 Å². The molecule has 140 valence electrons. The fourth-order valence-electron chi connectivity index (χ4n) is 2.58. The van der Waals surface area contributed by atoms with E-state index in [-0.39, 0.29) is 12.1 Å². The first-order chi connectivity index (χ1) is 11.7. The summed E-state index contributed by atoms with van der Waals surface area (Å²) >= 11 is 0. The maximum Gasteiger partial charge on any atom is 0.306 e. The molecule has 0 saturated carbocycles. The molecule has 0 amide bonds. The molecule has 0 radical (unpaired) electrons. The van der Waals surface area contributed by atoms with Crippen molar-refractivity contribution in [2.75, 3.05) is 6.61 Å². The first-order valence-corrected chi connectivity index (χ1v) is 9.80. The van der Waals surface area contributed by atoms with E-state index in [9.17, 15) is 9.90 Å². The molecule has 0 aliphatic rings. The average Bonchev–Trinajstić information content (AvgIpc) is 2.58. The molecule has 0 aromatic rings. The molecule has 1 atom stereocenters. The fraction of sp³-hybridized carbons (Fsp3) is 0.762. The van der Waals surface area contributed by atoms with Gasteiger partial charge in [-0.05, 0) is 32.1 Å². The summed E-state index contributed by atoms with van der Waals surface area (Å²) in [5.74, 6) is -0.124. The molecule has 3 nitrogen and oxygen atoms in total. The van der Waals surface area contributed by atoms with E-state index in [1.165, 1.54) is 25.7 Å². The lowest BCUT2D eigenvalue weighted by Crippen LogP contribution is -2.04. The number of aliphatic hydroxyl groups is 1. The third kappa shape index (κ3) is 17.3. The molecule has 0 bridgehead atoms. The monoisotopic (exact) mass is 338 g/mol. The minimum Gasteiger partial charge on any atom is -0.461 e. The van der Waals surface area contributed by atoms with E-state index in [1.807, 2.05) is 0 Å². The number of carbonyl (C=O) groups excluding carboxylic acids is 1. The van der Waals surface area contributed by atoms with Crippen LogP contribution in [0.2, 0.25) is 0 Å². The van der Waals surface area contributed by atoms with Gasteiger partial charge in [-0.1, -0.05) is 76.7 Å². The molecule has 3 heteroatoms. The summed E-state index contributed by atoms with van der Waals surface area (Å²) in [7, 11) is 0. The smallest absolute Gasteiger partial charge is 0.306 e. The van der Waals surface area contributed by atoms with Gasteiger partial charge in [0.1, 0.15) is 6.61 Å². The standard InChI is InChI=1S/C21H38O3/c1-3-5-6-7-10-13-16-20(22)17-14-11-8-9-12-15-18-21(23)24-19-4-2/h4,10,13,20,22H,2-3,5-9,11-12,14-19H2,1H3/b13-10-. The molecule has 0 aliphatic carbocycles. The number of unbranched alkanes of at least 4 members (excludes halogenated alkanes) is 8. The summed E-state index contributed by atoms with van der Waals surface area (Å²) in [6.45, 7) is 6.04. The minimum absolute atomic E-state index is 0.124. The molecular formula is C21H38O3. The van der Waals surface area contributed by atoms with Crippen LogP contribution in [-0.2, 0) is 9.53 Å². The topological polar surface area (TPSA) is 46.5 Å².